The minimum absolute atomic E-state index is 0.105. The van der Waals surface area contributed by atoms with Gasteiger partial charge in [0.05, 0.1) is 24.1 Å². The Labute approximate surface area is 176 Å². The molecule has 1 amide bonds. The first-order chi connectivity index (χ1) is 14.2. The van der Waals surface area contributed by atoms with E-state index in [9.17, 15) is 4.79 Å². The highest BCUT2D eigenvalue weighted by Crippen LogP contribution is 2.31. The van der Waals surface area contributed by atoms with Crippen LogP contribution in [0.1, 0.15) is 5.69 Å². The number of hydrogen-bond acceptors (Lipinski definition) is 6. The van der Waals surface area contributed by atoms with Crippen LogP contribution in [0.3, 0.4) is 0 Å². The normalized spacial score (nSPS) is 10.5. The molecule has 2 aromatic carbocycles. The molecule has 0 aliphatic heterocycles. The smallest absolute Gasteiger partial charge is 0.230 e. The number of nitrogens with one attached hydrogen (secondary N) is 1. The molecule has 4 rings (SSSR count). The van der Waals surface area contributed by atoms with E-state index in [1.54, 1.807) is 54.0 Å². The summed E-state index contributed by atoms with van der Waals surface area (Å²) >= 11 is 3.20. The van der Waals surface area contributed by atoms with E-state index in [0.717, 1.165) is 15.6 Å². The third-order valence-corrected chi connectivity index (χ3v) is 5.99. The minimum Gasteiger partial charge on any atom is -0.493 e. The lowest BCUT2D eigenvalue weighted by Gasteiger charge is -2.10. The molecule has 7 heteroatoms. The van der Waals surface area contributed by atoms with Crippen molar-refractivity contribution in [2.24, 2.45) is 0 Å². The maximum atomic E-state index is 12.3. The predicted octanol–water partition coefficient (Wildman–Crippen LogP) is 5.85. The monoisotopic (exact) mass is 422 g/mol. The summed E-state index contributed by atoms with van der Waals surface area (Å²) in [5, 5.41) is 7.79. The average molecular weight is 423 g/mol. The molecule has 0 aliphatic rings. The molecular weight excluding hydrogens is 404 g/mol. The summed E-state index contributed by atoms with van der Waals surface area (Å²) in [4.78, 5) is 18.0. The molecule has 2 heterocycles. The molecule has 5 nitrogen and oxygen atoms in total. The lowest BCUT2D eigenvalue weighted by Crippen LogP contribution is -2.14. The van der Waals surface area contributed by atoms with Gasteiger partial charge in [0, 0.05) is 11.1 Å². The van der Waals surface area contributed by atoms with E-state index in [1.807, 2.05) is 47.2 Å². The fourth-order valence-corrected chi connectivity index (χ4v) is 4.34. The van der Waals surface area contributed by atoms with Gasteiger partial charge in [-0.25, -0.2) is 4.98 Å². The summed E-state index contributed by atoms with van der Waals surface area (Å²) in [5.74, 6) is 1.85. The number of thiazole rings is 1. The van der Waals surface area contributed by atoms with Crippen molar-refractivity contribution in [1.29, 1.82) is 0 Å². The van der Waals surface area contributed by atoms with Crippen LogP contribution in [0.15, 0.2) is 71.4 Å². The number of thiophene rings is 1. The summed E-state index contributed by atoms with van der Waals surface area (Å²) in [6.45, 7) is 0. The highest BCUT2D eigenvalue weighted by atomic mass is 32.1. The molecule has 0 saturated carbocycles. The van der Waals surface area contributed by atoms with Crippen molar-refractivity contribution < 1.29 is 14.3 Å². The van der Waals surface area contributed by atoms with Crippen molar-refractivity contribution in [1.82, 2.24) is 4.98 Å². The molecule has 0 spiro atoms. The maximum absolute atomic E-state index is 12.3. The van der Waals surface area contributed by atoms with E-state index in [4.69, 9.17) is 9.47 Å². The Balaban J connectivity index is 1.35. The van der Waals surface area contributed by atoms with Gasteiger partial charge in [-0.15, -0.1) is 22.7 Å². The number of anilines is 1. The molecular formula is C22H18N2O3S2. The zero-order valence-corrected chi connectivity index (χ0v) is 17.3. The molecule has 0 saturated heterocycles. The number of carbonyl (C=O) groups is 1. The molecule has 0 aliphatic carbocycles. The van der Waals surface area contributed by atoms with Gasteiger partial charge in [-0.3, -0.25) is 4.79 Å². The molecule has 0 radical (unpaired) electrons. The van der Waals surface area contributed by atoms with Crippen LogP contribution in [-0.2, 0) is 11.2 Å². The number of nitrogens with zero attached hydrogens (tertiary/aromatic N) is 1. The van der Waals surface area contributed by atoms with E-state index in [-0.39, 0.29) is 12.3 Å². The van der Waals surface area contributed by atoms with Gasteiger partial charge in [0.2, 0.25) is 5.91 Å². The Kier molecular flexibility index (Phi) is 5.88. The molecule has 0 bridgehead atoms. The highest BCUT2D eigenvalue weighted by Gasteiger charge is 2.10. The van der Waals surface area contributed by atoms with E-state index in [2.05, 4.69) is 10.3 Å². The lowest BCUT2D eigenvalue weighted by atomic mass is 10.2. The SMILES string of the molecule is COc1ccccc1Oc1ccc(NC(=O)Cc2csc(-c3cccs3)n2)cc1. The van der Waals surface area contributed by atoms with Gasteiger partial charge in [0.25, 0.3) is 0 Å². The van der Waals surface area contributed by atoms with Crippen LogP contribution in [0.5, 0.6) is 17.2 Å². The summed E-state index contributed by atoms with van der Waals surface area (Å²) in [7, 11) is 1.60. The molecule has 0 atom stereocenters. The first-order valence-electron chi connectivity index (χ1n) is 8.90. The molecule has 146 valence electrons. The summed E-state index contributed by atoms with van der Waals surface area (Å²) in [5.41, 5.74) is 1.48. The van der Waals surface area contributed by atoms with Crippen molar-refractivity contribution in [3.8, 4) is 27.1 Å². The summed E-state index contributed by atoms with van der Waals surface area (Å²) < 4.78 is 11.1. The van der Waals surface area contributed by atoms with Gasteiger partial charge < -0.3 is 14.8 Å². The number of amides is 1. The minimum atomic E-state index is -0.105. The van der Waals surface area contributed by atoms with Crippen molar-refractivity contribution in [2.75, 3.05) is 12.4 Å². The van der Waals surface area contributed by atoms with E-state index in [0.29, 0.717) is 22.9 Å². The first-order valence-corrected chi connectivity index (χ1v) is 10.7. The topological polar surface area (TPSA) is 60.5 Å². The van der Waals surface area contributed by atoms with Crippen LogP contribution in [0.2, 0.25) is 0 Å². The Hall–Kier alpha value is -3.16. The van der Waals surface area contributed by atoms with Crippen molar-refractivity contribution in [3.63, 3.8) is 0 Å². The molecule has 0 fully saturated rings. The fraction of sp³-hybridized carbons (Fsp3) is 0.0909. The number of hydrogen-bond donors (Lipinski definition) is 1. The molecule has 4 aromatic rings. The van der Waals surface area contributed by atoms with Crippen LogP contribution < -0.4 is 14.8 Å². The van der Waals surface area contributed by atoms with Crippen LogP contribution in [-0.4, -0.2) is 18.0 Å². The quantitative estimate of drug-likeness (QED) is 0.406. The largest absolute Gasteiger partial charge is 0.493 e. The zero-order chi connectivity index (χ0) is 20.1. The third-order valence-electron chi connectivity index (χ3n) is 4.06. The second kappa shape index (κ2) is 8.89. The van der Waals surface area contributed by atoms with Gasteiger partial charge in [0.15, 0.2) is 11.5 Å². The van der Waals surface area contributed by atoms with Gasteiger partial charge in [-0.2, -0.15) is 0 Å². The summed E-state index contributed by atoms with van der Waals surface area (Å²) in [6, 6.07) is 18.7. The number of aromatic nitrogens is 1. The van der Waals surface area contributed by atoms with Gasteiger partial charge >= 0.3 is 0 Å². The molecule has 29 heavy (non-hydrogen) atoms. The van der Waals surface area contributed by atoms with E-state index in [1.165, 1.54) is 0 Å². The van der Waals surface area contributed by atoms with E-state index < -0.39 is 0 Å². The lowest BCUT2D eigenvalue weighted by molar-refractivity contribution is -0.115. The van der Waals surface area contributed by atoms with Gasteiger partial charge in [0.1, 0.15) is 10.8 Å². The molecule has 0 unspecified atom stereocenters. The Morgan fingerprint density at radius 3 is 2.52 bits per heavy atom. The van der Waals surface area contributed by atoms with Crippen molar-refractivity contribution >= 4 is 34.3 Å². The highest BCUT2D eigenvalue weighted by molar-refractivity contribution is 7.20. The number of carbonyl (C=O) groups excluding carboxylic acids is 1. The number of rotatable bonds is 7. The van der Waals surface area contributed by atoms with Crippen molar-refractivity contribution in [2.45, 2.75) is 6.42 Å². The average Bonchev–Trinajstić information content (AvgIpc) is 3.42. The van der Waals surface area contributed by atoms with Crippen LogP contribution >= 0.6 is 22.7 Å². The number of benzene rings is 2. The van der Waals surface area contributed by atoms with Crippen LogP contribution in [0.25, 0.3) is 9.88 Å². The number of ether oxygens (including phenoxy) is 2. The second-order valence-electron chi connectivity index (χ2n) is 6.12. The number of para-hydroxylation sites is 2. The fourth-order valence-electron chi connectivity index (χ4n) is 2.71. The molecule has 2 aromatic heterocycles. The summed E-state index contributed by atoms with van der Waals surface area (Å²) in [6.07, 6.45) is 0.237. The van der Waals surface area contributed by atoms with Crippen molar-refractivity contribution in [3.05, 3.63) is 77.1 Å². The Bertz CT molecular complexity index is 1090. The van der Waals surface area contributed by atoms with Crippen LogP contribution in [0, 0.1) is 0 Å². The third kappa shape index (κ3) is 4.82. The van der Waals surface area contributed by atoms with Gasteiger partial charge in [-0.05, 0) is 47.8 Å². The standard InChI is InChI=1S/C22H18N2O3S2/c1-26-18-5-2-3-6-19(18)27-17-10-8-15(9-11-17)23-21(25)13-16-14-29-22(24-16)20-7-4-12-28-20/h2-12,14H,13H2,1H3,(H,23,25). The number of methoxy groups -OCH3 is 1. The molecule has 1 N–H and O–H groups in total. The zero-order valence-electron chi connectivity index (χ0n) is 15.6. The predicted molar refractivity (Wildman–Crippen MR) is 117 cm³/mol. The Morgan fingerprint density at radius 2 is 1.79 bits per heavy atom. The first kappa shape index (κ1) is 19.2. The second-order valence-corrected chi connectivity index (χ2v) is 7.93. The van der Waals surface area contributed by atoms with Gasteiger partial charge in [-0.1, -0.05) is 18.2 Å². The Morgan fingerprint density at radius 1 is 1.00 bits per heavy atom. The van der Waals surface area contributed by atoms with E-state index >= 15 is 0 Å². The maximum Gasteiger partial charge on any atom is 0.230 e. The van der Waals surface area contributed by atoms with Crippen LogP contribution in [0.4, 0.5) is 5.69 Å².